The summed E-state index contributed by atoms with van der Waals surface area (Å²) in [5.41, 5.74) is 1.44. The molecule has 0 atom stereocenters. The summed E-state index contributed by atoms with van der Waals surface area (Å²) in [6, 6.07) is 10.9. The van der Waals surface area contributed by atoms with Gasteiger partial charge in [-0.2, -0.15) is 47.0 Å². The second-order valence-corrected chi connectivity index (χ2v) is 10.6. The molecule has 0 aliphatic carbocycles. The van der Waals surface area contributed by atoms with E-state index in [9.17, 15) is 0 Å². The highest BCUT2D eigenvalue weighted by atomic mass is 32.2. The van der Waals surface area contributed by atoms with E-state index in [0.29, 0.717) is 0 Å². The molecule has 0 heterocycles. The summed E-state index contributed by atoms with van der Waals surface area (Å²) in [7, 11) is 0. The lowest BCUT2D eigenvalue weighted by Crippen LogP contribution is -2.28. The van der Waals surface area contributed by atoms with E-state index in [1.807, 2.05) is 0 Å². The highest BCUT2D eigenvalue weighted by Gasteiger charge is 2.06. The normalized spacial score (nSPS) is 11.3. The van der Waals surface area contributed by atoms with E-state index >= 15 is 0 Å². The SMILES string of the molecule is CCSCCSCCN(CCSCCSCC)Cc1ccccc1. The molecule has 1 aromatic rings. The molecule has 1 nitrogen and oxygen atoms in total. The number of thioether (sulfide) groups is 4. The second-order valence-electron chi connectivity index (χ2n) is 5.38. The van der Waals surface area contributed by atoms with Crippen LogP contribution in [0.3, 0.4) is 0 Å². The predicted molar refractivity (Wildman–Crippen MR) is 122 cm³/mol. The van der Waals surface area contributed by atoms with E-state index in [4.69, 9.17) is 0 Å². The molecule has 24 heavy (non-hydrogen) atoms. The average Bonchev–Trinajstić information content (AvgIpc) is 2.61. The third-order valence-corrected chi connectivity index (χ3v) is 7.75. The Morgan fingerprint density at radius 1 is 0.667 bits per heavy atom. The van der Waals surface area contributed by atoms with Crippen LogP contribution >= 0.6 is 47.0 Å². The molecule has 0 unspecified atom stereocenters. The van der Waals surface area contributed by atoms with Crippen molar-refractivity contribution >= 4 is 47.0 Å². The minimum absolute atomic E-state index is 1.09. The summed E-state index contributed by atoms with van der Waals surface area (Å²) in [4.78, 5) is 2.63. The van der Waals surface area contributed by atoms with E-state index in [1.165, 1.54) is 64.7 Å². The molecule has 0 radical (unpaired) electrons. The molecule has 0 aliphatic heterocycles. The molecule has 5 heteroatoms. The Morgan fingerprint density at radius 2 is 1.17 bits per heavy atom. The second kappa shape index (κ2) is 17.0. The van der Waals surface area contributed by atoms with Gasteiger partial charge in [0.1, 0.15) is 0 Å². The molecule has 0 fully saturated rings. The van der Waals surface area contributed by atoms with E-state index in [2.05, 4.69) is 96.1 Å². The minimum Gasteiger partial charge on any atom is -0.297 e. The molecule has 1 aromatic carbocycles. The molecule has 0 spiro atoms. The van der Waals surface area contributed by atoms with Gasteiger partial charge in [-0.1, -0.05) is 44.2 Å². The molecule has 0 aromatic heterocycles. The predicted octanol–water partition coefficient (Wildman–Crippen LogP) is 5.46. The molecule has 0 saturated carbocycles. The minimum atomic E-state index is 1.09. The zero-order valence-corrected chi connectivity index (χ0v) is 18.5. The number of benzene rings is 1. The largest absolute Gasteiger partial charge is 0.297 e. The van der Waals surface area contributed by atoms with Gasteiger partial charge in [-0.25, -0.2) is 0 Å². The van der Waals surface area contributed by atoms with Crippen LogP contribution in [-0.2, 0) is 6.54 Å². The first-order valence-corrected chi connectivity index (χ1v) is 13.6. The molecule has 0 N–H and O–H groups in total. The first-order valence-electron chi connectivity index (χ1n) is 8.94. The van der Waals surface area contributed by atoms with Gasteiger partial charge in [0.25, 0.3) is 0 Å². The smallest absolute Gasteiger partial charge is 0.0234 e. The first kappa shape index (κ1) is 22.6. The number of nitrogens with zero attached hydrogens (tertiary/aromatic N) is 1. The Morgan fingerprint density at radius 3 is 1.67 bits per heavy atom. The van der Waals surface area contributed by atoms with Crippen molar-refractivity contribution in [2.45, 2.75) is 20.4 Å². The fourth-order valence-corrected chi connectivity index (χ4v) is 5.87. The van der Waals surface area contributed by atoms with Gasteiger partial charge in [-0.3, -0.25) is 4.90 Å². The van der Waals surface area contributed by atoms with Crippen molar-refractivity contribution in [3.63, 3.8) is 0 Å². The maximum Gasteiger partial charge on any atom is 0.0234 e. The van der Waals surface area contributed by atoms with E-state index in [0.717, 1.165) is 6.54 Å². The summed E-state index contributed by atoms with van der Waals surface area (Å²) < 4.78 is 0. The quantitative estimate of drug-likeness (QED) is 0.336. The number of hydrogen-bond donors (Lipinski definition) is 0. The maximum absolute atomic E-state index is 2.63. The monoisotopic (exact) mass is 403 g/mol. The van der Waals surface area contributed by atoms with Gasteiger partial charge in [-0.05, 0) is 17.1 Å². The van der Waals surface area contributed by atoms with Crippen molar-refractivity contribution in [3.05, 3.63) is 35.9 Å². The maximum atomic E-state index is 2.63. The van der Waals surface area contributed by atoms with Crippen LogP contribution in [0.15, 0.2) is 30.3 Å². The van der Waals surface area contributed by atoms with Crippen molar-refractivity contribution in [1.82, 2.24) is 4.90 Å². The van der Waals surface area contributed by atoms with Gasteiger partial charge in [0.05, 0.1) is 0 Å². The van der Waals surface area contributed by atoms with Crippen LogP contribution in [0.1, 0.15) is 19.4 Å². The number of hydrogen-bond acceptors (Lipinski definition) is 5. The van der Waals surface area contributed by atoms with Crippen molar-refractivity contribution in [3.8, 4) is 0 Å². The molecular weight excluding hydrogens is 370 g/mol. The standard InChI is InChI=1S/C19H33NS4/c1-3-21-14-16-23-12-10-20(11-13-24-17-15-22-4-2)18-19-8-6-5-7-9-19/h5-9H,3-4,10-18H2,1-2H3. The highest BCUT2D eigenvalue weighted by Crippen LogP contribution is 2.11. The van der Waals surface area contributed by atoms with Crippen LogP contribution in [0.4, 0.5) is 0 Å². The Bertz CT molecular complexity index is 359. The van der Waals surface area contributed by atoms with Crippen LogP contribution in [0, 0.1) is 0 Å². The van der Waals surface area contributed by atoms with E-state index < -0.39 is 0 Å². The Kier molecular flexibility index (Phi) is 16.0. The fourth-order valence-electron chi connectivity index (χ4n) is 2.23. The summed E-state index contributed by atoms with van der Waals surface area (Å²) in [6.45, 7) is 8.00. The first-order chi connectivity index (χ1) is 11.9. The van der Waals surface area contributed by atoms with Crippen LogP contribution in [0.25, 0.3) is 0 Å². The van der Waals surface area contributed by atoms with Crippen molar-refractivity contribution in [1.29, 1.82) is 0 Å². The molecule has 0 saturated heterocycles. The summed E-state index contributed by atoms with van der Waals surface area (Å²) in [5.74, 6) is 10.2. The van der Waals surface area contributed by atoms with Crippen molar-refractivity contribution < 1.29 is 0 Å². The molecule has 0 aliphatic rings. The highest BCUT2D eigenvalue weighted by molar-refractivity contribution is 8.03. The van der Waals surface area contributed by atoms with E-state index in [1.54, 1.807) is 0 Å². The zero-order valence-electron chi connectivity index (χ0n) is 15.2. The lowest BCUT2D eigenvalue weighted by atomic mass is 10.2. The summed E-state index contributed by atoms with van der Waals surface area (Å²) in [5, 5.41) is 0. The molecular formula is C19H33NS4. The zero-order chi connectivity index (χ0) is 17.3. The topological polar surface area (TPSA) is 3.24 Å². The van der Waals surface area contributed by atoms with Crippen molar-refractivity contribution in [2.24, 2.45) is 0 Å². The van der Waals surface area contributed by atoms with Crippen LogP contribution in [0.5, 0.6) is 0 Å². The lowest BCUT2D eigenvalue weighted by Gasteiger charge is -2.22. The summed E-state index contributed by atoms with van der Waals surface area (Å²) in [6.07, 6.45) is 0. The average molecular weight is 404 g/mol. The van der Waals surface area contributed by atoms with Crippen LogP contribution < -0.4 is 0 Å². The molecule has 1 rings (SSSR count). The third kappa shape index (κ3) is 12.9. The van der Waals surface area contributed by atoms with E-state index in [-0.39, 0.29) is 0 Å². The fraction of sp³-hybridized carbons (Fsp3) is 0.684. The van der Waals surface area contributed by atoms with Crippen molar-refractivity contribution in [2.75, 3.05) is 59.1 Å². The Labute approximate surface area is 166 Å². The van der Waals surface area contributed by atoms with Gasteiger partial charge in [0.2, 0.25) is 0 Å². The van der Waals surface area contributed by atoms with Gasteiger partial charge in [0, 0.05) is 54.2 Å². The Hall–Kier alpha value is 0.580. The van der Waals surface area contributed by atoms with Crippen LogP contribution in [-0.4, -0.2) is 64.0 Å². The third-order valence-electron chi connectivity index (χ3n) is 3.50. The molecule has 138 valence electrons. The summed E-state index contributed by atoms with van der Waals surface area (Å²) >= 11 is 8.33. The van der Waals surface area contributed by atoms with Crippen LogP contribution in [0.2, 0.25) is 0 Å². The molecule has 0 bridgehead atoms. The lowest BCUT2D eigenvalue weighted by molar-refractivity contribution is 0.301. The van der Waals surface area contributed by atoms with Gasteiger partial charge in [0.15, 0.2) is 0 Å². The Balaban J connectivity index is 2.24. The molecule has 0 amide bonds. The number of rotatable bonds is 16. The van der Waals surface area contributed by atoms with Gasteiger partial charge < -0.3 is 0 Å². The van der Waals surface area contributed by atoms with Gasteiger partial charge in [-0.15, -0.1) is 0 Å². The van der Waals surface area contributed by atoms with Gasteiger partial charge >= 0.3 is 0 Å².